The maximum Gasteiger partial charge on any atom is 0.341 e. The lowest BCUT2D eigenvalue weighted by Gasteiger charge is -2.06. The monoisotopic (exact) mass is 392 g/mol. The number of aromatic nitrogens is 2. The highest BCUT2D eigenvalue weighted by Crippen LogP contribution is 2.34. The SMILES string of the molecule is CCOC(=O)c1c(NC(=O)c2cn3cc(C)sc3n2)sc(C(N)=O)c1C. The molecule has 0 saturated heterocycles. The van der Waals surface area contributed by atoms with Gasteiger partial charge in [0, 0.05) is 17.3 Å². The number of nitrogens with two attached hydrogens (primary N) is 1. The summed E-state index contributed by atoms with van der Waals surface area (Å²) < 4.78 is 6.78. The van der Waals surface area contributed by atoms with Crippen LogP contribution in [0.4, 0.5) is 5.00 Å². The first-order chi connectivity index (χ1) is 12.3. The summed E-state index contributed by atoms with van der Waals surface area (Å²) in [6.45, 7) is 5.38. The zero-order valence-corrected chi connectivity index (χ0v) is 15.9. The maximum atomic E-state index is 12.5. The number of fused-ring (bicyclic) bond motifs is 1. The van der Waals surface area contributed by atoms with Gasteiger partial charge in [-0.1, -0.05) is 0 Å². The number of hydrogen-bond acceptors (Lipinski definition) is 7. The number of hydrogen-bond donors (Lipinski definition) is 2. The van der Waals surface area contributed by atoms with Gasteiger partial charge in [0.2, 0.25) is 0 Å². The summed E-state index contributed by atoms with van der Waals surface area (Å²) in [5.74, 6) is -1.77. The van der Waals surface area contributed by atoms with Gasteiger partial charge >= 0.3 is 5.97 Å². The molecule has 0 fully saturated rings. The minimum absolute atomic E-state index is 0.135. The number of nitrogens with zero attached hydrogens (tertiary/aromatic N) is 2. The number of thiazole rings is 1. The molecule has 3 aromatic rings. The molecule has 0 atom stereocenters. The van der Waals surface area contributed by atoms with Crippen LogP contribution in [0, 0.1) is 13.8 Å². The van der Waals surface area contributed by atoms with Crippen LogP contribution in [-0.2, 0) is 4.74 Å². The van der Waals surface area contributed by atoms with Crippen LogP contribution in [-0.4, -0.2) is 33.8 Å². The highest BCUT2D eigenvalue weighted by molar-refractivity contribution is 7.18. The van der Waals surface area contributed by atoms with E-state index in [-0.39, 0.29) is 27.7 Å². The van der Waals surface area contributed by atoms with Crippen LogP contribution >= 0.6 is 22.7 Å². The first-order valence-electron chi connectivity index (χ1n) is 7.68. The van der Waals surface area contributed by atoms with Crippen molar-refractivity contribution in [3.05, 3.63) is 39.0 Å². The predicted molar refractivity (Wildman–Crippen MR) is 99.3 cm³/mol. The van der Waals surface area contributed by atoms with Gasteiger partial charge in [-0.05, 0) is 26.3 Å². The number of aryl methyl sites for hydroxylation is 1. The number of primary amides is 1. The Morgan fingerprint density at radius 2 is 2.00 bits per heavy atom. The molecule has 0 spiro atoms. The molecule has 0 aliphatic heterocycles. The third-order valence-electron chi connectivity index (χ3n) is 3.58. The minimum atomic E-state index is -0.670. The Balaban J connectivity index is 1.95. The highest BCUT2D eigenvalue weighted by Gasteiger charge is 2.26. The molecule has 0 saturated carbocycles. The lowest BCUT2D eigenvalue weighted by Crippen LogP contribution is -2.15. The van der Waals surface area contributed by atoms with Crippen molar-refractivity contribution in [2.75, 3.05) is 11.9 Å². The Hall–Kier alpha value is -2.72. The van der Waals surface area contributed by atoms with Gasteiger partial charge in [0.05, 0.1) is 17.0 Å². The smallest absolute Gasteiger partial charge is 0.341 e. The number of rotatable bonds is 5. The summed E-state index contributed by atoms with van der Waals surface area (Å²) in [5.41, 5.74) is 6.08. The third kappa shape index (κ3) is 3.20. The standard InChI is InChI=1S/C16H16N4O4S2/c1-4-24-15(23)10-8(3)11(12(17)21)26-14(10)19-13(22)9-6-20-5-7(2)25-16(20)18-9/h5-6H,4H2,1-3H3,(H2,17,21)(H,19,22). The van der Waals surface area contributed by atoms with Gasteiger partial charge in [0.1, 0.15) is 10.7 Å². The van der Waals surface area contributed by atoms with Crippen molar-refractivity contribution in [3.63, 3.8) is 0 Å². The Morgan fingerprint density at radius 3 is 2.62 bits per heavy atom. The fourth-order valence-corrected chi connectivity index (χ4v) is 4.32. The largest absolute Gasteiger partial charge is 0.462 e. The lowest BCUT2D eigenvalue weighted by atomic mass is 10.1. The van der Waals surface area contributed by atoms with Crippen LogP contribution in [0.15, 0.2) is 12.4 Å². The second-order valence-corrected chi connectivity index (χ2v) is 7.69. The molecule has 136 valence electrons. The second-order valence-electron chi connectivity index (χ2n) is 5.46. The van der Waals surface area contributed by atoms with Gasteiger partial charge in [-0.3, -0.25) is 14.0 Å². The summed E-state index contributed by atoms with van der Waals surface area (Å²) in [5, 5.41) is 2.86. The summed E-state index contributed by atoms with van der Waals surface area (Å²) in [4.78, 5) is 42.6. The van der Waals surface area contributed by atoms with Gasteiger partial charge in [0.25, 0.3) is 11.8 Å². The van der Waals surface area contributed by atoms with E-state index in [1.807, 2.05) is 13.1 Å². The summed E-state index contributed by atoms with van der Waals surface area (Å²) >= 11 is 2.40. The molecule has 3 rings (SSSR count). The van der Waals surface area contributed by atoms with E-state index in [1.165, 1.54) is 11.3 Å². The first kappa shape index (κ1) is 18.1. The number of thiophene rings is 1. The van der Waals surface area contributed by atoms with E-state index in [0.717, 1.165) is 16.2 Å². The van der Waals surface area contributed by atoms with Gasteiger partial charge < -0.3 is 15.8 Å². The van der Waals surface area contributed by atoms with Gasteiger partial charge in [-0.25, -0.2) is 9.78 Å². The van der Waals surface area contributed by atoms with E-state index in [2.05, 4.69) is 10.3 Å². The number of nitrogens with one attached hydrogen (secondary N) is 1. The normalized spacial score (nSPS) is 10.9. The number of carbonyl (C=O) groups excluding carboxylic acids is 3. The van der Waals surface area contributed by atoms with Gasteiger partial charge in [-0.2, -0.15) is 0 Å². The highest BCUT2D eigenvalue weighted by atomic mass is 32.1. The fraction of sp³-hybridized carbons (Fsp3) is 0.250. The molecular formula is C16H16N4O4S2. The van der Waals surface area contributed by atoms with Crippen molar-refractivity contribution in [3.8, 4) is 0 Å². The molecule has 2 amide bonds. The topological polar surface area (TPSA) is 116 Å². The van der Waals surface area contributed by atoms with Crippen molar-refractivity contribution in [1.29, 1.82) is 0 Å². The maximum absolute atomic E-state index is 12.5. The van der Waals surface area contributed by atoms with Crippen LogP contribution in [0.2, 0.25) is 0 Å². The molecule has 0 bridgehead atoms. The average Bonchev–Trinajstić information content (AvgIpc) is 3.18. The molecule has 8 nitrogen and oxygen atoms in total. The summed E-state index contributed by atoms with van der Waals surface area (Å²) in [6, 6.07) is 0. The van der Waals surface area contributed by atoms with Crippen molar-refractivity contribution < 1.29 is 19.1 Å². The molecule has 3 aromatic heterocycles. The van der Waals surface area contributed by atoms with Crippen LogP contribution in [0.1, 0.15) is 47.9 Å². The quantitative estimate of drug-likeness (QED) is 0.648. The number of ether oxygens (including phenoxy) is 1. The van der Waals surface area contributed by atoms with Crippen LogP contribution in [0.3, 0.4) is 0 Å². The minimum Gasteiger partial charge on any atom is -0.462 e. The van der Waals surface area contributed by atoms with E-state index in [9.17, 15) is 14.4 Å². The van der Waals surface area contributed by atoms with E-state index in [0.29, 0.717) is 10.5 Å². The van der Waals surface area contributed by atoms with Crippen LogP contribution in [0.25, 0.3) is 4.96 Å². The molecule has 26 heavy (non-hydrogen) atoms. The van der Waals surface area contributed by atoms with E-state index >= 15 is 0 Å². The first-order valence-corrected chi connectivity index (χ1v) is 9.32. The molecular weight excluding hydrogens is 376 g/mol. The van der Waals surface area contributed by atoms with Crippen molar-refractivity contribution >= 4 is 50.4 Å². The van der Waals surface area contributed by atoms with E-state index < -0.39 is 17.8 Å². The Morgan fingerprint density at radius 1 is 1.27 bits per heavy atom. The Bertz CT molecular complexity index is 999. The summed E-state index contributed by atoms with van der Waals surface area (Å²) in [6.07, 6.45) is 3.47. The lowest BCUT2D eigenvalue weighted by molar-refractivity contribution is 0.0527. The van der Waals surface area contributed by atoms with Crippen molar-refractivity contribution in [2.45, 2.75) is 20.8 Å². The summed E-state index contributed by atoms with van der Waals surface area (Å²) in [7, 11) is 0. The molecule has 0 aliphatic rings. The molecule has 0 aromatic carbocycles. The number of esters is 1. The molecule has 3 heterocycles. The zero-order chi connectivity index (χ0) is 19.0. The third-order valence-corrected chi connectivity index (χ3v) is 5.72. The fourth-order valence-electron chi connectivity index (χ4n) is 2.47. The zero-order valence-electron chi connectivity index (χ0n) is 14.3. The number of anilines is 1. The van der Waals surface area contributed by atoms with E-state index in [4.69, 9.17) is 10.5 Å². The predicted octanol–water partition coefficient (Wildman–Crippen LogP) is 2.60. The molecule has 0 aliphatic carbocycles. The van der Waals surface area contributed by atoms with Crippen molar-refractivity contribution in [1.82, 2.24) is 9.38 Å². The van der Waals surface area contributed by atoms with Gasteiger partial charge in [-0.15, -0.1) is 22.7 Å². The molecule has 0 unspecified atom stereocenters. The van der Waals surface area contributed by atoms with Gasteiger partial charge in [0.15, 0.2) is 4.96 Å². The number of imidazole rings is 1. The number of amides is 2. The molecule has 0 radical (unpaired) electrons. The average molecular weight is 392 g/mol. The van der Waals surface area contributed by atoms with Crippen LogP contribution < -0.4 is 11.1 Å². The van der Waals surface area contributed by atoms with E-state index in [1.54, 1.807) is 24.4 Å². The number of carbonyl (C=O) groups is 3. The van der Waals surface area contributed by atoms with Crippen molar-refractivity contribution in [2.24, 2.45) is 5.73 Å². The second kappa shape index (κ2) is 6.89. The van der Waals surface area contributed by atoms with Crippen LogP contribution in [0.5, 0.6) is 0 Å². The Kier molecular flexibility index (Phi) is 4.79. The molecule has 10 heteroatoms. The Labute approximate surface area is 156 Å². The molecule has 3 N–H and O–H groups in total.